The Labute approximate surface area is 205 Å². The van der Waals surface area contributed by atoms with E-state index in [2.05, 4.69) is 34.9 Å². The first-order chi connectivity index (χ1) is 16.8. The number of carboxylic acid groups (broad SMARTS) is 1. The van der Waals surface area contributed by atoms with Crippen molar-refractivity contribution in [2.75, 3.05) is 27.2 Å². The van der Waals surface area contributed by atoms with Crippen LogP contribution in [-0.2, 0) is 14.3 Å². The molecule has 0 aliphatic heterocycles. The zero-order valence-corrected chi connectivity index (χ0v) is 20.2. The molecule has 0 saturated heterocycles. The van der Waals surface area contributed by atoms with Crippen molar-refractivity contribution in [2.45, 2.75) is 43.7 Å². The third-order valence-corrected chi connectivity index (χ3v) is 6.87. The molecule has 2 amide bonds. The number of amides is 2. The van der Waals surface area contributed by atoms with E-state index in [1.54, 1.807) is 19.0 Å². The summed E-state index contributed by atoms with van der Waals surface area (Å²) in [6.07, 6.45) is 2.17. The van der Waals surface area contributed by atoms with Crippen LogP contribution in [0.25, 0.3) is 11.1 Å². The van der Waals surface area contributed by atoms with E-state index >= 15 is 0 Å². The summed E-state index contributed by atoms with van der Waals surface area (Å²) in [6, 6.07) is 15.2. The zero-order chi connectivity index (χ0) is 24.9. The molecule has 0 heterocycles. The minimum Gasteiger partial charge on any atom is -0.480 e. The number of carboxylic acids is 1. The summed E-state index contributed by atoms with van der Waals surface area (Å²) in [4.78, 5) is 38.6. The SMILES string of the molecule is CN(C)CC(NC(=O)[C@H]1CCC[C@@H](NC(=O)OCC2c3ccccc3-c3ccccc32)C1)C(=O)O. The number of fused-ring (bicyclic) bond motifs is 3. The molecule has 0 aromatic heterocycles. The number of benzene rings is 2. The molecule has 1 unspecified atom stereocenters. The summed E-state index contributed by atoms with van der Waals surface area (Å²) < 4.78 is 5.64. The number of nitrogens with zero attached hydrogens (tertiary/aromatic N) is 1. The molecule has 4 rings (SSSR count). The van der Waals surface area contributed by atoms with Gasteiger partial charge in [-0.2, -0.15) is 0 Å². The molecule has 3 atom stereocenters. The van der Waals surface area contributed by atoms with Gasteiger partial charge in [0.25, 0.3) is 0 Å². The monoisotopic (exact) mass is 479 g/mol. The van der Waals surface area contributed by atoms with E-state index < -0.39 is 18.1 Å². The fourth-order valence-electron chi connectivity index (χ4n) is 5.21. The molecule has 2 aliphatic carbocycles. The third kappa shape index (κ3) is 5.82. The fourth-order valence-corrected chi connectivity index (χ4v) is 5.21. The Balaban J connectivity index is 1.31. The molecule has 0 radical (unpaired) electrons. The van der Waals surface area contributed by atoms with Crippen LogP contribution < -0.4 is 10.6 Å². The Bertz CT molecular complexity index is 1040. The number of nitrogens with one attached hydrogen (secondary N) is 2. The Morgan fingerprint density at radius 3 is 2.26 bits per heavy atom. The van der Waals surface area contributed by atoms with Crippen molar-refractivity contribution in [3.8, 4) is 11.1 Å². The van der Waals surface area contributed by atoms with Gasteiger partial charge in [0.05, 0.1) is 0 Å². The van der Waals surface area contributed by atoms with Crippen LogP contribution in [0.5, 0.6) is 0 Å². The molecule has 3 N–H and O–H groups in total. The molecule has 0 bridgehead atoms. The summed E-state index contributed by atoms with van der Waals surface area (Å²) in [6.45, 7) is 0.455. The van der Waals surface area contributed by atoms with E-state index in [4.69, 9.17) is 4.74 Å². The van der Waals surface area contributed by atoms with Crippen molar-refractivity contribution >= 4 is 18.0 Å². The molecular weight excluding hydrogens is 446 g/mol. The van der Waals surface area contributed by atoms with Gasteiger partial charge in [-0.1, -0.05) is 55.0 Å². The lowest BCUT2D eigenvalue weighted by atomic mass is 9.85. The molecule has 1 fully saturated rings. The highest BCUT2D eigenvalue weighted by Crippen LogP contribution is 2.44. The summed E-state index contributed by atoms with van der Waals surface area (Å²) in [5.41, 5.74) is 4.66. The van der Waals surface area contributed by atoms with Crippen molar-refractivity contribution in [2.24, 2.45) is 5.92 Å². The number of likely N-dealkylation sites (N-methyl/N-ethyl adjacent to an activating group) is 1. The first-order valence-corrected chi connectivity index (χ1v) is 12.1. The van der Waals surface area contributed by atoms with Gasteiger partial charge in [-0.3, -0.25) is 4.79 Å². The molecule has 8 heteroatoms. The fraction of sp³-hybridized carbons (Fsp3) is 0.444. The maximum absolute atomic E-state index is 12.7. The van der Waals surface area contributed by atoms with Gasteiger partial charge in [-0.25, -0.2) is 9.59 Å². The zero-order valence-electron chi connectivity index (χ0n) is 20.2. The number of carbonyl (C=O) groups excluding carboxylic acids is 2. The first-order valence-electron chi connectivity index (χ1n) is 12.1. The molecule has 35 heavy (non-hydrogen) atoms. The van der Waals surface area contributed by atoms with Crippen LogP contribution in [0.3, 0.4) is 0 Å². The molecule has 2 aliphatic rings. The van der Waals surface area contributed by atoms with Gasteiger partial charge in [0.2, 0.25) is 5.91 Å². The number of rotatable bonds is 8. The van der Waals surface area contributed by atoms with Crippen molar-refractivity contribution in [1.82, 2.24) is 15.5 Å². The van der Waals surface area contributed by atoms with Crippen LogP contribution >= 0.6 is 0 Å². The normalized spacial score (nSPS) is 20.0. The number of aliphatic carboxylic acids is 1. The Morgan fingerprint density at radius 1 is 1.03 bits per heavy atom. The number of alkyl carbamates (subject to hydrolysis) is 1. The Hall–Kier alpha value is -3.39. The molecule has 2 aromatic rings. The lowest BCUT2D eigenvalue weighted by Gasteiger charge is -2.30. The maximum Gasteiger partial charge on any atom is 0.407 e. The second kappa shape index (κ2) is 10.9. The van der Waals surface area contributed by atoms with Gasteiger partial charge in [-0.15, -0.1) is 0 Å². The highest BCUT2D eigenvalue weighted by molar-refractivity contribution is 5.85. The van der Waals surface area contributed by atoms with Crippen molar-refractivity contribution in [1.29, 1.82) is 0 Å². The van der Waals surface area contributed by atoms with E-state index in [0.717, 1.165) is 24.0 Å². The number of hydrogen-bond donors (Lipinski definition) is 3. The van der Waals surface area contributed by atoms with Crippen molar-refractivity contribution in [3.05, 3.63) is 59.7 Å². The van der Waals surface area contributed by atoms with Crippen LogP contribution in [0.4, 0.5) is 4.79 Å². The van der Waals surface area contributed by atoms with Gasteiger partial charge in [0, 0.05) is 24.4 Å². The minimum atomic E-state index is -1.06. The third-order valence-electron chi connectivity index (χ3n) is 6.87. The number of ether oxygens (including phenoxy) is 1. The number of hydrogen-bond acceptors (Lipinski definition) is 5. The summed E-state index contributed by atoms with van der Waals surface area (Å²) in [5.74, 6) is -1.69. The topological polar surface area (TPSA) is 108 Å². The van der Waals surface area contributed by atoms with Crippen LogP contribution in [0.1, 0.15) is 42.7 Å². The predicted molar refractivity (Wildman–Crippen MR) is 132 cm³/mol. The van der Waals surface area contributed by atoms with E-state index in [1.165, 1.54) is 11.1 Å². The van der Waals surface area contributed by atoms with E-state index in [-0.39, 0.29) is 36.9 Å². The largest absolute Gasteiger partial charge is 0.480 e. The van der Waals surface area contributed by atoms with Gasteiger partial charge in [0.1, 0.15) is 12.6 Å². The maximum atomic E-state index is 12.7. The van der Waals surface area contributed by atoms with Crippen LogP contribution in [0.15, 0.2) is 48.5 Å². The van der Waals surface area contributed by atoms with Gasteiger partial charge in [0.15, 0.2) is 0 Å². The highest BCUT2D eigenvalue weighted by atomic mass is 16.5. The summed E-state index contributed by atoms with van der Waals surface area (Å²) >= 11 is 0. The predicted octanol–water partition coefficient (Wildman–Crippen LogP) is 3.21. The first kappa shape index (κ1) is 24.7. The van der Waals surface area contributed by atoms with E-state index in [1.807, 2.05) is 24.3 Å². The number of carbonyl (C=O) groups is 3. The van der Waals surface area contributed by atoms with Crippen molar-refractivity contribution in [3.63, 3.8) is 0 Å². The quantitative estimate of drug-likeness (QED) is 0.537. The van der Waals surface area contributed by atoms with Crippen LogP contribution in [0, 0.1) is 5.92 Å². The molecule has 0 spiro atoms. The van der Waals surface area contributed by atoms with Gasteiger partial charge in [-0.05, 0) is 55.6 Å². The average Bonchev–Trinajstić information content (AvgIpc) is 3.16. The summed E-state index contributed by atoms with van der Waals surface area (Å²) in [5, 5.41) is 15.0. The average molecular weight is 480 g/mol. The molecule has 2 aromatic carbocycles. The Kier molecular flexibility index (Phi) is 7.70. The van der Waals surface area contributed by atoms with Crippen molar-refractivity contribution < 1.29 is 24.2 Å². The Morgan fingerprint density at radius 2 is 1.66 bits per heavy atom. The molecule has 8 nitrogen and oxygen atoms in total. The molecular formula is C27H33N3O5. The van der Waals surface area contributed by atoms with Crippen LogP contribution in [-0.4, -0.2) is 67.3 Å². The lowest BCUT2D eigenvalue weighted by Crippen LogP contribution is -2.50. The lowest BCUT2D eigenvalue weighted by molar-refractivity contribution is -0.143. The van der Waals surface area contributed by atoms with E-state index in [9.17, 15) is 19.5 Å². The molecule has 1 saturated carbocycles. The van der Waals surface area contributed by atoms with Crippen LogP contribution in [0.2, 0.25) is 0 Å². The second-order valence-corrected chi connectivity index (χ2v) is 9.69. The van der Waals surface area contributed by atoms with Gasteiger partial charge >= 0.3 is 12.1 Å². The smallest absolute Gasteiger partial charge is 0.407 e. The minimum absolute atomic E-state index is 0.0114. The van der Waals surface area contributed by atoms with E-state index in [0.29, 0.717) is 12.8 Å². The summed E-state index contributed by atoms with van der Waals surface area (Å²) in [7, 11) is 3.52. The van der Waals surface area contributed by atoms with Gasteiger partial charge < -0.3 is 25.4 Å². The second-order valence-electron chi connectivity index (χ2n) is 9.69. The molecule has 186 valence electrons. The standard InChI is InChI=1S/C27H33N3O5/c1-30(2)15-24(26(32)33)29-25(31)17-8-7-9-18(14-17)28-27(34)35-16-23-21-12-5-3-10-19(21)20-11-4-6-13-22(20)23/h3-6,10-13,17-18,23-24H,7-9,14-16H2,1-2H3,(H,28,34)(H,29,31)(H,32,33)/t17-,18+,24?/m0/s1. The highest BCUT2D eigenvalue weighted by Gasteiger charge is 2.32.